The number of halogens is 2. The molecule has 0 saturated heterocycles. The Bertz CT molecular complexity index is 897. The van der Waals surface area contributed by atoms with Gasteiger partial charge in [0.25, 0.3) is 0 Å². The molecule has 10 heteroatoms. The fraction of sp³-hybridized carbons (Fsp3) is 0.222. The first-order valence-corrected chi connectivity index (χ1v) is 8.46. The molecular formula is C18H18F2N6O2. The van der Waals surface area contributed by atoms with Gasteiger partial charge in [-0.25, -0.2) is 8.78 Å². The van der Waals surface area contributed by atoms with Gasteiger partial charge in [0.1, 0.15) is 23.7 Å². The fourth-order valence-corrected chi connectivity index (χ4v) is 2.47. The van der Waals surface area contributed by atoms with E-state index in [1.807, 2.05) is 0 Å². The first-order chi connectivity index (χ1) is 13.4. The molecule has 3 aromatic rings. The molecule has 2 amide bonds. The summed E-state index contributed by atoms with van der Waals surface area (Å²) in [7, 11) is 0. The van der Waals surface area contributed by atoms with E-state index in [9.17, 15) is 18.4 Å². The van der Waals surface area contributed by atoms with E-state index in [4.69, 9.17) is 0 Å². The molecule has 28 heavy (non-hydrogen) atoms. The molecule has 0 saturated carbocycles. The number of hydrogen-bond donors (Lipinski definition) is 2. The van der Waals surface area contributed by atoms with Crippen molar-refractivity contribution in [1.29, 1.82) is 0 Å². The number of carbonyl (C=O) groups excluding carboxylic acids is 2. The van der Waals surface area contributed by atoms with Crippen LogP contribution in [0.25, 0.3) is 0 Å². The van der Waals surface area contributed by atoms with E-state index in [1.54, 1.807) is 38.4 Å². The van der Waals surface area contributed by atoms with E-state index in [1.165, 1.54) is 21.8 Å². The van der Waals surface area contributed by atoms with Crippen LogP contribution in [0.4, 0.5) is 20.2 Å². The Hall–Kier alpha value is -3.56. The predicted molar refractivity (Wildman–Crippen MR) is 97.5 cm³/mol. The van der Waals surface area contributed by atoms with Crippen LogP contribution in [0.15, 0.2) is 49.1 Å². The molecule has 0 unspecified atom stereocenters. The van der Waals surface area contributed by atoms with Crippen LogP contribution in [0.1, 0.15) is 25.9 Å². The predicted octanol–water partition coefficient (Wildman–Crippen LogP) is 2.76. The Morgan fingerprint density at radius 3 is 1.64 bits per heavy atom. The number of amides is 2. The van der Waals surface area contributed by atoms with Crippen LogP contribution in [0, 0.1) is 11.6 Å². The second-order valence-electron chi connectivity index (χ2n) is 6.11. The summed E-state index contributed by atoms with van der Waals surface area (Å²) in [5.41, 5.74) is -0.514. The zero-order chi connectivity index (χ0) is 20.3. The van der Waals surface area contributed by atoms with Gasteiger partial charge in [0.05, 0.1) is 11.4 Å². The highest BCUT2D eigenvalue weighted by Crippen LogP contribution is 2.25. The van der Waals surface area contributed by atoms with Crippen LogP contribution >= 0.6 is 0 Å². The van der Waals surface area contributed by atoms with Crippen molar-refractivity contribution in [3.63, 3.8) is 0 Å². The average molecular weight is 388 g/mol. The smallest absolute Gasteiger partial charge is 0.249 e. The number of rotatable bonds is 6. The van der Waals surface area contributed by atoms with E-state index in [-0.39, 0.29) is 11.4 Å². The highest BCUT2D eigenvalue weighted by Gasteiger charge is 2.21. The minimum absolute atomic E-state index is 0.257. The zero-order valence-electron chi connectivity index (χ0n) is 15.1. The largest absolute Gasteiger partial charge is 0.322 e. The summed E-state index contributed by atoms with van der Waals surface area (Å²) >= 11 is 0. The van der Waals surface area contributed by atoms with Crippen LogP contribution in [0.5, 0.6) is 0 Å². The molecule has 2 aromatic heterocycles. The molecule has 2 atom stereocenters. The molecule has 8 nitrogen and oxygen atoms in total. The van der Waals surface area contributed by atoms with Crippen LogP contribution in [-0.2, 0) is 9.59 Å². The molecule has 0 aliphatic heterocycles. The number of hydrogen-bond acceptors (Lipinski definition) is 4. The lowest BCUT2D eigenvalue weighted by Crippen LogP contribution is -2.26. The Balaban J connectivity index is 1.76. The Morgan fingerprint density at radius 1 is 0.857 bits per heavy atom. The summed E-state index contributed by atoms with van der Waals surface area (Å²) < 4.78 is 31.0. The third-order valence-electron chi connectivity index (χ3n) is 4.17. The minimum Gasteiger partial charge on any atom is -0.322 e. The minimum atomic E-state index is -0.961. The van der Waals surface area contributed by atoms with Gasteiger partial charge >= 0.3 is 0 Å². The fourth-order valence-electron chi connectivity index (χ4n) is 2.47. The third kappa shape index (κ3) is 4.05. The average Bonchev–Trinajstić information content (AvgIpc) is 3.37. The molecule has 0 aliphatic rings. The molecule has 0 bridgehead atoms. The second-order valence-corrected chi connectivity index (χ2v) is 6.11. The number of anilines is 2. The third-order valence-corrected chi connectivity index (χ3v) is 4.17. The van der Waals surface area contributed by atoms with Gasteiger partial charge in [-0.2, -0.15) is 10.2 Å². The lowest BCUT2D eigenvalue weighted by atomic mass is 10.2. The molecule has 0 spiro atoms. The van der Waals surface area contributed by atoms with Crippen molar-refractivity contribution in [1.82, 2.24) is 19.6 Å². The Labute approximate surface area is 159 Å². The van der Waals surface area contributed by atoms with Crippen LogP contribution in [0.2, 0.25) is 0 Å². The van der Waals surface area contributed by atoms with Crippen molar-refractivity contribution < 1.29 is 18.4 Å². The normalized spacial score (nSPS) is 13.0. The molecule has 2 heterocycles. The number of carbonyl (C=O) groups is 2. The maximum atomic E-state index is 14.1. The van der Waals surface area contributed by atoms with Gasteiger partial charge in [0, 0.05) is 30.9 Å². The van der Waals surface area contributed by atoms with Crippen LogP contribution in [-0.4, -0.2) is 31.4 Å². The SMILES string of the molecule is C[C@H](C(=O)Nc1cc(NC(=O)[C@H](C)n2cccn2)c(F)cc1F)n1cccn1. The van der Waals surface area contributed by atoms with Crippen LogP contribution < -0.4 is 10.6 Å². The standard InChI is InChI=1S/C18H18F2N6O2/c1-11(25-7-3-5-21-25)17(27)23-15-10-16(14(20)9-13(15)19)24-18(28)12(2)26-8-4-6-22-26/h3-12H,1-2H3,(H,23,27)(H,24,28)/t11-,12+. The van der Waals surface area contributed by atoms with E-state index in [2.05, 4.69) is 20.8 Å². The molecular weight excluding hydrogens is 370 g/mol. The van der Waals surface area contributed by atoms with Gasteiger partial charge in [-0.05, 0) is 32.0 Å². The highest BCUT2D eigenvalue weighted by molar-refractivity contribution is 5.96. The summed E-state index contributed by atoms with van der Waals surface area (Å²) in [4.78, 5) is 24.6. The second kappa shape index (κ2) is 7.99. The van der Waals surface area contributed by atoms with Gasteiger partial charge in [-0.3, -0.25) is 19.0 Å². The Kier molecular flexibility index (Phi) is 5.48. The molecule has 0 aliphatic carbocycles. The first kappa shape index (κ1) is 19.2. The van der Waals surface area contributed by atoms with E-state index < -0.39 is 35.5 Å². The van der Waals surface area contributed by atoms with Gasteiger partial charge in [-0.1, -0.05) is 0 Å². The molecule has 2 N–H and O–H groups in total. The van der Waals surface area contributed by atoms with E-state index >= 15 is 0 Å². The molecule has 1 aromatic carbocycles. The molecule has 0 radical (unpaired) electrons. The maximum absolute atomic E-state index is 14.1. The monoisotopic (exact) mass is 388 g/mol. The summed E-state index contributed by atoms with van der Waals surface area (Å²) in [6.45, 7) is 3.16. The summed E-state index contributed by atoms with van der Waals surface area (Å²) in [5, 5.41) is 12.7. The zero-order valence-corrected chi connectivity index (χ0v) is 15.1. The van der Waals surface area contributed by atoms with Gasteiger partial charge < -0.3 is 10.6 Å². The van der Waals surface area contributed by atoms with Gasteiger partial charge in [0.15, 0.2) is 0 Å². The lowest BCUT2D eigenvalue weighted by Gasteiger charge is -2.16. The van der Waals surface area contributed by atoms with Crippen molar-refractivity contribution in [2.75, 3.05) is 10.6 Å². The maximum Gasteiger partial charge on any atom is 0.249 e. The molecule has 146 valence electrons. The topological polar surface area (TPSA) is 93.8 Å². The van der Waals surface area contributed by atoms with E-state index in [0.29, 0.717) is 6.07 Å². The Morgan fingerprint density at radius 2 is 1.29 bits per heavy atom. The summed E-state index contributed by atoms with van der Waals surface area (Å²) in [6, 6.07) is 3.51. The number of nitrogens with zero attached hydrogens (tertiary/aromatic N) is 4. The van der Waals surface area contributed by atoms with Crippen molar-refractivity contribution in [3.8, 4) is 0 Å². The number of benzene rings is 1. The summed E-state index contributed by atoms with van der Waals surface area (Å²) in [6.07, 6.45) is 6.20. The quantitative estimate of drug-likeness (QED) is 0.679. The number of aromatic nitrogens is 4. The van der Waals surface area contributed by atoms with Gasteiger partial charge in [-0.15, -0.1) is 0 Å². The van der Waals surface area contributed by atoms with Crippen molar-refractivity contribution in [2.24, 2.45) is 0 Å². The van der Waals surface area contributed by atoms with Gasteiger partial charge in [0.2, 0.25) is 11.8 Å². The van der Waals surface area contributed by atoms with Crippen molar-refractivity contribution >= 4 is 23.2 Å². The molecule has 0 fully saturated rings. The molecule has 3 rings (SSSR count). The summed E-state index contributed by atoms with van der Waals surface area (Å²) in [5.74, 6) is -3.01. The van der Waals surface area contributed by atoms with Crippen molar-refractivity contribution in [2.45, 2.75) is 25.9 Å². The first-order valence-electron chi connectivity index (χ1n) is 8.46. The van der Waals surface area contributed by atoms with E-state index in [0.717, 1.165) is 6.07 Å². The highest BCUT2D eigenvalue weighted by atomic mass is 19.1. The van der Waals surface area contributed by atoms with Crippen molar-refractivity contribution in [3.05, 3.63) is 60.7 Å². The number of nitrogens with one attached hydrogen (secondary N) is 2. The lowest BCUT2D eigenvalue weighted by molar-refractivity contribution is -0.119. The van der Waals surface area contributed by atoms with Crippen LogP contribution in [0.3, 0.4) is 0 Å².